The van der Waals surface area contributed by atoms with Crippen LogP contribution in [0.25, 0.3) is 0 Å². The van der Waals surface area contributed by atoms with E-state index in [2.05, 4.69) is 0 Å². The normalized spacial score (nSPS) is 43.5. The van der Waals surface area contributed by atoms with Crippen LogP contribution in [0.4, 0.5) is 4.79 Å². The van der Waals surface area contributed by atoms with Crippen LogP contribution >= 0.6 is 0 Å². The summed E-state index contributed by atoms with van der Waals surface area (Å²) in [5, 5.41) is -0.600. The summed E-state index contributed by atoms with van der Waals surface area (Å²) in [6, 6.07) is 0. The molecule has 0 amide bonds. The summed E-state index contributed by atoms with van der Waals surface area (Å²) in [4.78, 5) is 24.5. The molecule has 3 rings (SSSR count). The Kier molecular flexibility index (Phi) is 5.30. The van der Waals surface area contributed by atoms with Gasteiger partial charge in [-0.25, -0.2) is 4.79 Å². The SMILES string of the molecule is CCC(C)(C)C(=O)OCCOC(=O)OC1(C)C2(C)OS(=O)(=O)C3C2C(C)C1(C)C3C. The topological polar surface area (TPSA) is 105 Å². The lowest BCUT2D eigenvalue weighted by molar-refractivity contribution is -0.184. The maximum Gasteiger partial charge on any atom is 0.509 e. The van der Waals surface area contributed by atoms with Gasteiger partial charge in [0.25, 0.3) is 10.1 Å². The maximum absolute atomic E-state index is 12.7. The minimum absolute atomic E-state index is 0.0187. The second kappa shape index (κ2) is 6.82. The first kappa shape index (κ1) is 23.3. The van der Waals surface area contributed by atoms with Crippen LogP contribution in [0.2, 0.25) is 0 Å². The van der Waals surface area contributed by atoms with Gasteiger partial charge in [-0.3, -0.25) is 8.98 Å². The average Bonchev–Trinajstić information content (AvgIpc) is 3.04. The first-order valence-electron chi connectivity index (χ1n) is 10.6. The highest BCUT2D eigenvalue weighted by atomic mass is 32.2. The van der Waals surface area contributed by atoms with E-state index in [0.717, 1.165) is 0 Å². The summed E-state index contributed by atoms with van der Waals surface area (Å²) >= 11 is 0. The van der Waals surface area contributed by atoms with Crippen molar-refractivity contribution in [3.8, 4) is 0 Å². The van der Waals surface area contributed by atoms with Crippen molar-refractivity contribution in [1.82, 2.24) is 0 Å². The van der Waals surface area contributed by atoms with Crippen LogP contribution in [-0.2, 0) is 33.3 Å². The number of hydrogen-bond donors (Lipinski definition) is 0. The Hall–Kier alpha value is -1.35. The lowest BCUT2D eigenvalue weighted by atomic mass is 9.61. The van der Waals surface area contributed by atoms with Gasteiger partial charge in [-0.05, 0) is 46.0 Å². The third-order valence-electron chi connectivity index (χ3n) is 8.77. The molecule has 30 heavy (non-hydrogen) atoms. The van der Waals surface area contributed by atoms with E-state index in [-0.39, 0.29) is 36.9 Å². The molecule has 2 saturated carbocycles. The monoisotopic (exact) mass is 446 g/mol. The van der Waals surface area contributed by atoms with Gasteiger partial charge in [-0.15, -0.1) is 0 Å². The Morgan fingerprint density at radius 2 is 1.60 bits per heavy atom. The number of carbonyl (C=O) groups excluding carboxylic acids is 2. The third-order valence-corrected chi connectivity index (χ3v) is 10.7. The van der Waals surface area contributed by atoms with Crippen LogP contribution < -0.4 is 0 Å². The minimum atomic E-state index is -3.75. The molecular weight excluding hydrogens is 412 g/mol. The van der Waals surface area contributed by atoms with Crippen LogP contribution in [0, 0.1) is 28.6 Å². The number of rotatable bonds is 6. The minimum Gasteiger partial charge on any atom is -0.462 e. The molecule has 0 aromatic heterocycles. The quantitative estimate of drug-likeness (QED) is 0.348. The summed E-state index contributed by atoms with van der Waals surface area (Å²) in [6.07, 6.45) is -0.298. The highest BCUT2D eigenvalue weighted by Gasteiger charge is 2.86. The van der Waals surface area contributed by atoms with Gasteiger partial charge in [-0.1, -0.05) is 27.7 Å². The largest absolute Gasteiger partial charge is 0.509 e. The Morgan fingerprint density at radius 3 is 2.17 bits per heavy atom. The number of hydrogen-bond acceptors (Lipinski definition) is 8. The fourth-order valence-electron chi connectivity index (χ4n) is 6.10. The van der Waals surface area contributed by atoms with Gasteiger partial charge >= 0.3 is 12.1 Å². The smallest absolute Gasteiger partial charge is 0.462 e. The van der Waals surface area contributed by atoms with Crippen LogP contribution in [0.15, 0.2) is 0 Å². The van der Waals surface area contributed by atoms with E-state index in [1.54, 1.807) is 27.7 Å². The molecular formula is C21H34O8S. The zero-order valence-corrected chi connectivity index (χ0v) is 19.9. The van der Waals surface area contributed by atoms with Crippen molar-refractivity contribution in [1.29, 1.82) is 0 Å². The molecule has 9 heteroatoms. The number of carbonyl (C=O) groups is 2. The maximum atomic E-state index is 12.7. The molecule has 0 spiro atoms. The zero-order chi connectivity index (χ0) is 22.9. The van der Waals surface area contributed by atoms with Crippen LogP contribution in [-0.4, -0.2) is 50.2 Å². The molecule has 2 aliphatic carbocycles. The predicted octanol–water partition coefficient (Wildman–Crippen LogP) is 3.29. The van der Waals surface area contributed by atoms with Crippen LogP contribution in [0.3, 0.4) is 0 Å². The van der Waals surface area contributed by atoms with E-state index >= 15 is 0 Å². The molecule has 1 saturated heterocycles. The first-order chi connectivity index (χ1) is 13.6. The fourth-order valence-corrected chi connectivity index (χ4v) is 8.61. The molecule has 1 heterocycles. The number of ether oxygens (including phenoxy) is 3. The molecule has 3 fully saturated rings. The molecule has 2 bridgehead atoms. The van der Waals surface area contributed by atoms with E-state index in [1.807, 2.05) is 27.7 Å². The van der Waals surface area contributed by atoms with Crippen molar-refractivity contribution in [2.75, 3.05) is 13.2 Å². The van der Waals surface area contributed by atoms with E-state index < -0.39 is 43.6 Å². The lowest BCUT2D eigenvalue weighted by Gasteiger charge is -2.50. The molecule has 3 aliphatic rings. The molecule has 7 atom stereocenters. The first-order valence-corrected chi connectivity index (χ1v) is 12.0. The van der Waals surface area contributed by atoms with Gasteiger partial charge in [0.1, 0.15) is 24.4 Å². The second-order valence-electron chi connectivity index (χ2n) is 10.1. The Balaban J connectivity index is 1.69. The molecule has 0 aromatic carbocycles. The number of esters is 1. The molecule has 0 radical (unpaired) electrons. The lowest BCUT2D eigenvalue weighted by Crippen LogP contribution is -2.63. The van der Waals surface area contributed by atoms with Gasteiger partial charge in [0.15, 0.2) is 0 Å². The van der Waals surface area contributed by atoms with Crippen molar-refractivity contribution in [2.45, 2.75) is 78.3 Å². The molecule has 1 aliphatic heterocycles. The van der Waals surface area contributed by atoms with Crippen LogP contribution in [0.5, 0.6) is 0 Å². The van der Waals surface area contributed by atoms with Gasteiger partial charge in [-0.2, -0.15) is 8.42 Å². The van der Waals surface area contributed by atoms with E-state index in [1.165, 1.54) is 0 Å². The molecule has 172 valence electrons. The summed E-state index contributed by atoms with van der Waals surface area (Å²) in [7, 11) is -3.75. The van der Waals surface area contributed by atoms with Gasteiger partial charge in [0.2, 0.25) is 0 Å². The van der Waals surface area contributed by atoms with Crippen LogP contribution in [0.1, 0.15) is 61.8 Å². The van der Waals surface area contributed by atoms with Crippen molar-refractivity contribution in [3.05, 3.63) is 0 Å². The van der Waals surface area contributed by atoms with Crippen molar-refractivity contribution in [2.24, 2.45) is 28.6 Å². The standard InChI is InChI=1S/C21H34O8S/c1-9-18(4,5)16(22)26-10-11-27-17(23)28-21(8)19(6)12(2)14-15(13(19)3)30(24,25)29-20(14,21)7/h12-15H,9-11H2,1-8H3. The summed E-state index contributed by atoms with van der Waals surface area (Å²) in [5.41, 5.74) is -3.55. The van der Waals surface area contributed by atoms with Crippen molar-refractivity contribution < 1.29 is 36.4 Å². The highest BCUT2D eigenvalue weighted by Crippen LogP contribution is 2.76. The zero-order valence-electron chi connectivity index (χ0n) is 19.1. The van der Waals surface area contributed by atoms with Crippen molar-refractivity contribution in [3.63, 3.8) is 0 Å². The van der Waals surface area contributed by atoms with Gasteiger partial charge in [0, 0.05) is 11.3 Å². The predicted molar refractivity (Wildman–Crippen MR) is 108 cm³/mol. The summed E-state index contributed by atoms with van der Waals surface area (Å²) in [6.45, 7) is 14.5. The van der Waals surface area contributed by atoms with E-state index in [4.69, 9.17) is 18.4 Å². The Morgan fingerprint density at radius 1 is 1.03 bits per heavy atom. The Labute approximate surface area is 179 Å². The van der Waals surface area contributed by atoms with E-state index in [0.29, 0.717) is 6.42 Å². The van der Waals surface area contributed by atoms with E-state index in [9.17, 15) is 18.0 Å². The van der Waals surface area contributed by atoms with Gasteiger partial charge in [0.05, 0.1) is 10.7 Å². The highest BCUT2D eigenvalue weighted by molar-refractivity contribution is 7.87. The molecule has 8 nitrogen and oxygen atoms in total. The van der Waals surface area contributed by atoms with Crippen molar-refractivity contribution >= 4 is 22.2 Å². The second-order valence-corrected chi connectivity index (χ2v) is 11.8. The fraction of sp³-hybridized carbons (Fsp3) is 0.905. The van der Waals surface area contributed by atoms with Gasteiger partial charge < -0.3 is 14.2 Å². The molecule has 0 aromatic rings. The third kappa shape index (κ3) is 2.76. The average molecular weight is 447 g/mol. The number of fused-ring (bicyclic) bond motifs is 1. The molecule has 0 N–H and O–H groups in total. The Bertz CT molecular complexity index is 851. The molecule has 7 unspecified atom stereocenters. The summed E-state index contributed by atoms with van der Waals surface area (Å²) < 4.78 is 47.1. The summed E-state index contributed by atoms with van der Waals surface area (Å²) in [5.74, 6) is -0.888.